The van der Waals surface area contributed by atoms with E-state index in [1.54, 1.807) is 12.3 Å². The standard InChI is InChI=1S/C17H15FN4O2/c18-12-2-3-13-10(8-22-15(13)7-12)5-6-20-17(24)11-1-4-14(16(19)23)21-9-11/h1-4,7-9,22H,5-6H2,(H2,19,23)(H,20,24). The zero-order chi connectivity index (χ0) is 17.1. The Balaban J connectivity index is 1.61. The molecule has 0 atom stereocenters. The quantitative estimate of drug-likeness (QED) is 0.666. The summed E-state index contributed by atoms with van der Waals surface area (Å²) in [6, 6.07) is 7.46. The number of rotatable bonds is 5. The van der Waals surface area contributed by atoms with E-state index >= 15 is 0 Å². The number of nitrogens with two attached hydrogens (primary N) is 1. The lowest BCUT2D eigenvalue weighted by atomic mass is 10.1. The van der Waals surface area contributed by atoms with E-state index in [4.69, 9.17) is 5.73 Å². The van der Waals surface area contributed by atoms with Gasteiger partial charge in [0.1, 0.15) is 11.5 Å². The van der Waals surface area contributed by atoms with Crippen LogP contribution in [0.2, 0.25) is 0 Å². The molecule has 4 N–H and O–H groups in total. The number of nitrogens with zero attached hydrogens (tertiary/aromatic N) is 1. The molecule has 1 aromatic carbocycles. The van der Waals surface area contributed by atoms with Crippen LogP contribution in [-0.4, -0.2) is 28.3 Å². The second kappa shape index (κ2) is 6.49. The number of halogens is 1. The molecule has 0 saturated carbocycles. The Hall–Kier alpha value is -3.22. The van der Waals surface area contributed by atoms with Gasteiger partial charge in [-0.2, -0.15) is 0 Å². The van der Waals surface area contributed by atoms with E-state index in [2.05, 4.69) is 15.3 Å². The van der Waals surface area contributed by atoms with Gasteiger partial charge in [-0.25, -0.2) is 4.39 Å². The molecule has 0 fully saturated rings. The van der Waals surface area contributed by atoms with Crippen molar-refractivity contribution in [3.63, 3.8) is 0 Å². The minimum atomic E-state index is -0.641. The van der Waals surface area contributed by atoms with Gasteiger partial charge in [-0.3, -0.25) is 14.6 Å². The van der Waals surface area contributed by atoms with Crippen LogP contribution in [0.5, 0.6) is 0 Å². The van der Waals surface area contributed by atoms with Gasteiger partial charge >= 0.3 is 0 Å². The maximum absolute atomic E-state index is 13.2. The molecule has 0 unspecified atom stereocenters. The third-order valence-corrected chi connectivity index (χ3v) is 3.69. The Labute approximate surface area is 136 Å². The summed E-state index contributed by atoms with van der Waals surface area (Å²) in [4.78, 5) is 29.8. The Morgan fingerprint density at radius 1 is 1.25 bits per heavy atom. The van der Waals surface area contributed by atoms with Crippen LogP contribution >= 0.6 is 0 Å². The number of fused-ring (bicyclic) bond motifs is 1. The molecule has 0 radical (unpaired) electrons. The number of nitrogens with one attached hydrogen (secondary N) is 2. The molecule has 122 valence electrons. The van der Waals surface area contributed by atoms with Crippen molar-refractivity contribution in [2.45, 2.75) is 6.42 Å². The number of aromatic nitrogens is 2. The second-order valence-corrected chi connectivity index (χ2v) is 5.31. The van der Waals surface area contributed by atoms with Crippen LogP contribution in [0.1, 0.15) is 26.4 Å². The molecule has 0 spiro atoms. The highest BCUT2D eigenvalue weighted by molar-refractivity contribution is 5.95. The van der Waals surface area contributed by atoms with E-state index in [0.29, 0.717) is 18.5 Å². The number of benzene rings is 1. The zero-order valence-electron chi connectivity index (χ0n) is 12.7. The summed E-state index contributed by atoms with van der Waals surface area (Å²) in [7, 11) is 0. The van der Waals surface area contributed by atoms with Gasteiger partial charge in [-0.15, -0.1) is 0 Å². The van der Waals surface area contributed by atoms with E-state index in [0.717, 1.165) is 16.5 Å². The largest absolute Gasteiger partial charge is 0.364 e. The molecule has 7 heteroatoms. The molecular formula is C17H15FN4O2. The number of pyridine rings is 1. The Morgan fingerprint density at radius 2 is 2.08 bits per heavy atom. The Bertz CT molecular complexity index is 903. The van der Waals surface area contributed by atoms with Crippen LogP contribution < -0.4 is 11.1 Å². The van der Waals surface area contributed by atoms with Crippen LogP contribution in [0.25, 0.3) is 10.9 Å². The first-order valence-electron chi connectivity index (χ1n) is 7.34. The number of carbonyl (C=O) groups is 2. The number of carbonyl (C=O) groups excluding carboxylic acids is 2. The molecule has 2 aromatic heterocycles. The van der Waals surface area contributed by atoms with Gasteiger partial charge in [-0.05, 0) is 42.3 Å². The number of H-pyrrole nitrogens is 1. The van der Waals surface area contributed by atoms with Crippen molar-refractivity contribution in [1.29, 1.82) is 0 Å². The van der Waals surface area contributed by atoms with Crippen molar-refractivity contribution >= 4 is 22.7 Å². The van der Waals surface area contributed by atoms with Crippen LogP contribution in [0.3, 0.4) is 0 Å². The Kier molecular flexibility index (Phi) is 4.24. The summed E-state index contributed by atoms with van der Waals surface area (Å²) in [5, 5.41) is 3.71. The van der Waals surface area contributed by atoms with Gasteiger partial charge < -0.3 is 16.0 Å². The van der Waals surface area contributed by atoms with Crippen LogP contribution in [0, 0.1) is 5.82 Å². The lowest BCUT2D eigenvalue weighted by Gasteiger charge is -2.05. The minimum absolute atomic E-state index is 0.109. The maximum atomic E-state index is 13.2. The fraction of sp³-hybridized carbons (Fsp3) is 0.118. The van der Waals surface area contributed by atoms with Crippen molar-refractivity contribution in [2.75, 3.05) is 6.54 Å². The lowest BCUT2D eigenvalue weighted by Crippen LogP contribution is -2.26. The van der Waals surface area contributed by atoms with E-state index in [-0.39, 0.29) is 17.4 Å². The molecule has 0 aliphatic heterocycles. The van der Waals surface area contributed by atoms with Gasteiger partial charge in [0.15, 0.2) is 0 Å². The number of aromatic amines is 1. The highest BCUT2D eigenvalue weighted by Crippen LogP contribution is 2.19. The summed E-state index contributed by atoms with van der Waals surface area (Å²) in [6.07, 6.45) is 3.72. The second-order valence-electron chi connectivity index (χ2n) is 5.31. The van der Waals surface area contributed by atoms with Gasteiger partial charge in [0, 0.05) is 29.8 Å². The number of primary amides is 1. The van der Waals surface area contributed by atoms with E-state index in [9.17, 15) is 14.0 Å². The summed E-state index contributed by atoms with van der Waals surface area (Å²) >= 11 is 0. The van der Waals surface area contributed by atoms with Gasteiger partial charge in [0.05, 0.1) is 5.56 Å². The van der Waals surface area contributed by atoms with Crippen LogP contribution in [0.15, 0.2) is 42.7 Å². The third-order valence-electron chi connectivity index (χ3n) is 3.69. The summed E-state index contributed by atoms with van der Waals surface area (Å²) in [5.74, 6) is -1.22. The van der Waals surface area contributed by atoms with E-state index in [1.165, 1.54) is 30.5 Å². The topological polar surface area (TPSA) is 101 Å². The molecule has 2 heterocycles. The molecule has 0 aliphatic carbocycles. The van der Waals surface area contributed by atoms with Crippen molar-refractivity contribution in [3.8, 4) is 0 Å². The normalized spacial score (nSPS) is 10.7. The highest BCUT2D eigenvalue weighted by Gasteiger charge is 2.09. The molecular weight excluding hydrogens is 311 g/mol. The first-order chi connectivity index (χ1) is 11.5. The maximum Gasteiger partial charge on any atom is 0.267 e. The molecule has 3 rings (SSSR count). The lowest BCUT2D eigenvalue weighted by molar-refractivity contribution is 0.0950. The number of amides is 2. The molecule has 0 bridgehead atoms. The third kappa shape index (κ3) is 3.24. The summed E-state index contributed by atoms with van der Waals surface area (Å²) < 4.78 is 13.2. The molecule has 0 saturated heterocycles. The molecule has 24 heavy (non-hydrogen) atoms. The Morgan fingerprint density at radius 3 is 2.79 bits per heavy atom. The average Bonchev–Trinajstić information content (AvgIpc) is 2.97. The zero-order valence-corrected chi connectivity index (χ0v) is 12.7. The average molecular weight is 326 g/mol. The summed E-state index contributed by atoms with van der Waals surface area (Å²) in [5.41, 5.74) is 7.28. The van der Waals surface area contributed by atoms with E-state index in [1.807, 2.05) is 0 Å². The smallest absolute Gasteiger partial charge is 0.267 e. The van der Waals surface area contributed by atoms with Gasteiger partial charge in [0.2, 0.25) is 0 Å². The van der Waals surface area contributed by atoms with Crippen LogP contribution in [0.4, 0.5) is 4.39 Å². The minimum Gasteiger partial charge on any atom is -0.364 e. The monoisotopic (exact) mass is 326 g/mol. The highest BCUT2D eigenvalue weighted by atomic mass is 19.1. The predicted octanol–water partition coefficient (Wildman–Crippen LogP) is 1.77. The molecule has 2 amide bonds. The van der Waals surface area contributed by atoms with Gasteiger partial charge in [0.25, 0.3) is 11.8 Å². The first-order valence-corrected chi connectivity index (χ1v) is 7.34. The molecule has 6 nitrogen and oxygen atoms in total. The molecule has 3 aromatic rings. The predicted molar refractivity (Wildman–Crippen MR) is 87.0 cm³/mol. The number of hydrogen-bond acceptors (Lipinski definition) is 3. The van der Waals surface area contributed by atoms with Crippen LogP contribution in [-0.2, 0) is 6.42 Å². The van der Waals surface area contributed by atoms with Crippen molar-refractivity contribution < 1.29 is 14.0 Å². The van der Waals surface area contributed by atoms with Gasteiger partial charge in [-0.1, -0.05) is 0 Å². The van der Waals surface area contributed by atoms with Crippen molar-refractivity contribution in [3.05, 3.63) is 65.4 Å². The first kappa shape index (κ1) is 15.7. The molecule has 0 aliphatic rings. The van der Waals surface area contributed by atoms with E-state index < -0.39 is 5.91 Å². The SMILES string of the molecule is NC(=O)c1ccc(C(=O)NCCc2c[nH]c3cc(F)ccc23)cn1. The fourth-order valence-corrected chi connectivity index (χ4v) is 2.45. The fourth-order valence-electron chi connectivity index (χ4n) is 2.45. The van der Waals surface area contributed by atoms with Crippen molar-refractivity contribution in [1.82, 2.24) is 15.3 Å². The van der Waals surface area contributed by atoms with Crippen molar-refractivity contribution in [2.24, 2.45) is 5.73 Å². The number of hydrogen-bond donors (Lipinski definition) is 3. The summed E-state index contributed by atoms with van der Waals surface area (Å²) in [6.45, 7) is 0.417.